The van der Waals surface area contributed by atoms with E-state index in [-0.39, 0.29) is 5.54 Å². The molecule has 3 atom stereocenters. The van der Waals surface area contributed by atoms with Gasteiger partial charge in [0.1, 0.15) is 0 Å². The summed E-state index contributed by atoms with van der Waals surface area (Å²) in [6, 6.07) is 0.597. The van der Waals surface area contributed by atoms with Crippen LogP contribution in [0.5, 0.6) is 0 Å². The molecule has 0 radical (unpaired) electrons. The lowest BCUT2D eigenvalue weighted by Gasteiger charge is -2.44. The van der Waals surface area contributed by atoms with Crippen LogP contribution in [0.15, 0.2) is 0 Å². The van der Waals surface area contributed by atoms with Crippen molar-refractivity contribution in [2.45, 2.75) is 84.7 Å². The Kier molecular flexibility index (Phi) is 9.72. The molecular weight excluding hydrogens is 232 g/mol. The van der Waals surface area contributed by atoms with Gasteiger partial charge in [-0.1, -0.05) is 53.4 Å². The minimum absolute atomic E-state index is 0.260. The predicted octanol–water partition coefficient (Wildman–Crippen LogP) is 4.30. The van der Waals surface area contributed by atoms with Gasteiger partial charge in [-0.25, -0.2) is 0 Å². The summed E-state index contributed by atoms with van der Waals surface area (Å²) in [4.78, 5) is 2.41. The molecule has 0 aliphatic heterocycles. The van der Waals surface area contributed by atoms with Crippen LogP contribution in [0.1, 0.15) is 73.1 Å². The summed E-state index contributed by atoms with van der Waals surface area (Å²) in [5.41, 5.74) is 0.260. The molecule has 0 aliphatic rings. The van der Waals surface area contributed by atoms with Crippen molar-refractivity contribution in [3.63, 3.8) is 0 Å². The van der Waals surface area contributed by atoms with Crippen molar-refractivity contribution in [1.29, 1.82) is 0 Å². The number of nitrogens with zero attached hydrogens (tertiary/aromatic N) is 1. The molecule has 116 valence electrons. The zero-order valence-corrected chi connectivity index (χ0v) is 14.6. The molecule has 0 aromatic carbocycles. The fourth-order valence-corrected chi connectivity index (χ4v) is 2.99. The Morgan fingerprint density at radius 1 is 1.11 bits per heavy atom. The van der Waals surface area contributed by atoms with Gasteiger partial charge in [-0.05, 0) is 46.3 Å². The molecule has 0 spiro atoms. The topological polar surface area (TPSA) is 15.3 Å². The second-order valence-electron chi connectivity index (χ2n) is 6.37. The van der Waals surface area contributed by atoms with Gasteiger partial charge in [-0.3, -0.25) is 0 Å². The molecule has 3 unspecified atom stereocenters. The summed E-state index contributed by atoms with van der Waals surface area (Å²) in [5.74, 6) is 0.870. The molecular formula is C17H38N2. The monoisotopic (exact) mass is 270 g/mol. The molecule has 0 aliphatic carbocycles. The SMILES string of the molecule is CCCCC(CC)CC(NCC)C(C)(CC)N(C)C. The molecule has 0 saturated heterocycles. The fourth-order valence-electron chi connectivity index (χ4n) is 2.99. The summed E-state index contributed by atoms with van der Waals surface area (Å²) in [6.45, 7) is 12.7. The number of hydrogen-bond acceptors (Lipinski definition) is 2. The van der Waals surface area contributed by atoms with E-state index in [0.717, 1.165) is 12.5 Å². The molecule has 2 nitrogen and oxygen atoms in total. The molecule has 0 aromatic rings. The number of rotatable bonds is 11. The first-order valence-electron chi connectivity index (χ1n) is 8.36. The van der Waals surface area contributed by atoms with Crippen LogP contribution in [0.25, 0.3) is 0 Å². The standard InChI is InChI=1S/C17H38N2/c1-8-12-13-15(9-2)14-16(18-11-4)17(5,10-3)19(6)7/h15-16,18H,8-14H2,1-7H3. The van der Waals surface area contributed by atoms with Gasteiger partial charge in [-0.15, -0.1) is 0 Å². The van der Waals surface area contributed by atoms with Gasteiger partial charge >= 0.3 is 0 Å². The van der Waals surface area contributed by atoms with Gasteiger partial charge in [0.2, 0.25) is 0 Å². The first kappa shape index (κ1) is 18.9. The van der Waals surface area contributed by atoms with E-state index in [0.29, 0.717) is 6.04 Å². The zero-order valence-electron chi connectivity index (χ0n) is 14.6. The van der Waals surface area contributed by atoms with Crippen molar-refractivity contribution in [2.24, 2.45) is 5.92 Å². The molecule has 2 heteroatoms. The van der Waals surface area contributed by atoms with Crippen LogP contribution < -0.4 is 5.32 Å². The van der Waals surface area contributed by atoms with Gasteiger partial charge in [0, 0.05) is 11.6 Å². The van der Waals surface area contributed by atoms with Crippen LogP contribution >= 0.6 is 0 Å². The van der Waals surface area contributed by atoms with E-state index in [4.69, 9.17) is 0 Å². The third-order valence-electron chi connectivity index (χ3n) is 5.05. The zero-order chi connectivity index (χ0) is 14.9. The maximum absolute atomic E-state index is 3.76. The highest BCUT2D eigenvalue weighted by atomic mass is 15.2. The van der Waals surface area contributed by atoms with E-state index in [2.05, 4.69) is 58.9 Å². The Hall–Kier alpha value is -0.0800. The van der Waals surface area contributed by atoms with Crippen LogP contribution in [-0.4, -0.2) is 37.1 Å². The van der Waals surface area contributed by atoms with E-state index in [1.165, 1.54) is 38.5 Å². The van der Waals surface area contributed by atoms with Crippen LogP contribution in [0.4, 0.5) is 0 Å². The summed E-state index contributed by atoms with van der Waals surface area (Å²) < 4.78 is 0. The van der Waals surface area contributed by atoms with E-state index >= 15 is 0 Å². The molecule has 0 amide bonds. The summed E-state index contributed by atoms with van der Waals surface area (Å²) in [7, 11) is 4.45. The summed E-state index contributed by atoms with van der Waals surface area (Å²) in [5, 5.41) is 3.76. The van der Waals surface area contributed by atoms with Crippen molar-refractivity contribution < 1.29 is 0 Å². The normalized spacial score (nSPS) is 18.3. The number of nitrogens with one attached hydrogen (secondary N) is 1. The van der Waals surface area contributed by atoms with E-state index < -0.39 is 0 Å². The quantitative estimate of drug-likeness (QED) is 0.602. The third kappa shape index (κ3) is 5.83. The number of hydrogen-bond donors (Lipinski definition) is 1. The third-order valence-corrected chi connectivity index (χ3v) is 5.05. The van der Waals surface area contributed by atoms with E-state index in [1.54, 1.807) is 0 Å². The minimum atomic E-state index is 0.260. The average Bonchev–Trinajstić information content (AvgIpc) is 2.41. The highest BCUT2D eigenvalue weighted by Gasteiger charge is 2.35. The van der Waals surface area contributed by atoms with E-state index in [1.807, 2.05) is 0 Å². The summed E-state index contributed by atoms with van der Waals surface area (Å²) in [6.07, 6.45) is 7.91. The van der Waals surface area contributed by atoms with Crippen LogP contribution in [0.2, 0.25) is 0 Å². The van der Waals surface area contributed by atoms with Crippen molar-refractivity contribution >= 4 is 0 Å². The largest absolute Gasteiger partial charge is 0.312 e. The van der Waals surface area contributed by atoms with Crippen LogP contribution in [-0.2, 0) is 0 Å². The highest BCUT2D eigenvalue weighted by Crippen LogP contribution is 2.28. The van der Waals surface area contributed by atoms with Gasteiger partial charge in [0.15, 0.2) is 0 Å². The minimum Gasteiger partial charge on any atom is -0.312 e. The number of likely N-dealkylation sites (N-methyl/N-ethyl adjacent to an activating group) is 2. The Bertz CT molecular complexity index is 215. The molecule has 0 fully saturated rings. The van der Waals surface area contributed by atoms with Crippen LogP contribution in [0, 0.1) is 5.92 Å². The predicted molar refractivity (Wildman–Crippen MR) is 87.8 cm³/mol. The molecule has 0 heterocycles. The lowest BCUT2D eigenvalue weighted by molar-refractivity contribution is 0.0972. The summed E-state index contributed by atoms with van der Waals surface area (Å²) >= 11 is 0. The average molecular weight is 271 g/mol. The van der Waals surface area contributed by atoms with Gasteiger partial charge in [-0.2, -0.15) is 0 Å². The smallest absolute Gasteiger partial charge is 0.0325 e. The highest BCUT2D eigenvalue weighted by molar-refractivity contribution is 4.95. The lowest BCUT2D eigenvalue weighted by Crippen LogP contribution is -2.57. The first-order chi connectivity index (χ1) is 8.96. The Morgan fingerprint density at radius 2 is 1.74 bits per heavy atom. The van der Waals surface area contributed by atoms with Gasteiger partial charge in [0.05, 0.1) is 0 Å². The second-order valence-corrected chi connectivity index (χ2v) is 6.37. The molecule has 19 heavy (non-hydrogen) atoms. The molecule has 0 rings (SSSR count). The Balaban J connectivity index is 4.77. The molecule has 0 saturated carbocycles. The number of unbranched alkanes of at least 4 members (excludes halogenated alkanes) is 1. The first-order valence-corrected chi connectivity index (χ1v) is 8.36. The molecule has 0 bridgehead atoms. The van der Waals surface area contributed by atoms with Gasteiger partial charge < -0.3 is 10.2 Å². The van der Waals surface area contributed by atoms with E-state index in [9.17, 15) is 0 Å². The lowest BCUT2D eigenvalue weighted by atomic mass is 9.80. The van der Waals surface area contributed by atoms with Crippen molar-refractivity contribution in [3.05, 3.63) is 0 Å². The maximum atomic E-state index is 3.76. The maximum Gasteiger partial charge on any atom is 0.0325 e. The Labute approximate surface area is 122 Å². The second kappa shape index (κ2) is 9.77. The molecule has 0 aromatic heterocycles. The van der Waals surface area contributed by atoms with Crippen LogP contribution in [0.3, 0.4) is 0 Å². The van der Waals surface area contributed by atoms with Crippen molar-refractivity contribution in [3.8, 4) is 0 Å². The van der Waals surface area contributed by atoms with Gasteiger partial charge in [0.25, 0.3) is 0 Å². The Morgan fingerprint density at radius 3 is 2.11 bits per heavy atom. The fraction of sp³-hybridized carbons (Fsp3) is 1.00. The van der Waals surface area contributed by atoms with Crippen molar-refractivity contribution in [1.82, 2.24) is 10.2 Å². The molecule has 1 N–H and O–H groups in total. The van der Waals surface area contributed by atoms with Crippen molar-refractivity contribution in [2.75, 3.05) is 20.6 Å².